The minimum Gasteiger partial charge on any atom is -0.364 e. The van der Waals surface area contributed by atoms with Gasteiger partial charge in [-0.2, -0.15) is 0 Å². The number of hydrogen-bond acceptors (Lipinski definition) is 7. The summed E-state index contributed by atoms with van der Waals surface area (Å²) >= 11 is 0. The van der Waals surface area contributed by atoms with Gasteiger partial charge in [-0.15, -0.1) is 0 Å². The highest BCUT2D eigenvalue weighted by Crippen LogP contribution is 2.24. The van der Waals surface area contributed by atoms with Crippen LogP contribution in [0, 0.1) is 6.92 Å². The van der Waals surface area contributed by atoms with E-state index in [4.69, 9.17) is 11.5 Å². The standard InChI is InChI=1S/C21H25N7O/c1-12-6-7-16-13(8-12)9-14(10-24-16)26-21-19(20(23)29)25-11-18(28-21)27-17-5-3-2-4-15(17)22/h6-11,15,17H,2-5,22H2,1H3,(H2,23,29)(H2,26,27,28). The van der Waals surface area contributed by atoms with Gasteiger partial charge >= 0.3 is 0 Å². The zero-order valence-electron chi connectivity index (χ0n) is 16.4. The molecule has 2 aromatic heterocycles. The maximum atomic E-state index is 11.8. The summed E-state index contributed by atoms with van der Waals surface area (Å²) in [4.78, 5) is 25.1. The summed E-state index contributed by atoms with van der Waals surface area (Å²) in [6, 6.07) is 8.21. The van der Waals surface area contributed by atoms with Gasteiger partial charge in [0.1, 0.15) is 5.82 Å². The number of hydrogen-bond donors (Lipinski definition) is 4. The molecule has 1 fully saturated rings. The number of nitrogens with zero attached hydrogens (tertiary/aromatic N) is 3. The van der Waals surface area contributed by atoms with Crippen molar-refractivity contribution in [1.29, 1.82) is 0 Å². The van der Waals surface area contributed by atoms with Crippen LogP contribution >= 0.6 is 0 Å². The number of anilines is 3. The third kappa shape index (κ3) is 4.27. The van der Waals surface area contributed by atoms with E-state index in [0.29, 0.717) is 17.3 Å². The molecule has 29 heavy (non-hydrogen) atoms. The normalized spacial score (nSPS) is 19.1. The van der Waals surface area contributed by atoms with Crippen LogP contribution in [-0.4, -0.2) is 32.9 Å². The number of pyridine rings is 1. The van der Waals surface area contributed by atoms with Crippen molar-refractivity contribution in [3.63, 3.8) is 0 Å². The van der Waals surface area contributed by atoms with Gasteiger partial charge < -0.3 is 22.1 Å². The molecule has 8 nitrogen and oxygen atoms in total. The maximum absolute atomic E-state index is 11.8. The first kappa shape index (κ1) is 19.1. The highest BCUT2D eigenvalue weighted by atomic mass is 16.1. The molecular formula is C21H25N7O. The molecule has 150 valence electrons. The van der Waals surface area contributed by atoms with Crippen molar-refractivity contribution in [2.75, 3.05) is 10.6 Å². The molecule has 2 unspecified atom stereocenters. The summed E-state index contributed by atoms with van der Waals surface area (Å²) in [5.41, 5.74) is 14.5. The largest absolute Gasteiger partial charge is 0.364 e. The Morgan fingerprint density at radius 2 is 1.97 bits per heavy atom. The van der Waals surface area contributed by atoms with Gasteiger partial charge in [0.25, 0.3) is 5.91 Å². The van der Waals surface area contributed by atoms with Gasteiger partial charge in [-0.05, 0) is 38.0 Å². The molecular weight excluding hydrogens is 366 g/mol. The van der Waals surface area contributed by atoms with Crippen LogP contribution in [0.1, 0.15) is 41.7 Å². The number of primary amides is 1. The van der Waals surface area contributed by atoms with E-state index in [1.54, 1.807) is 6.20 Å². The second kappa shape index (κ2) is 8.00. The summed E-state index contributed by atoms with van der Waals surface area (Å²) in [7, 11) is 0. The van der Waals surface area contributed by atoms with Crippen molar-refractivity contribution in [3.05, 3.63) is 47.9 Å². The fourth-order valence-electron chi connectivity index (χ4n) is 3.71. The van der Waals surface area contributed by atoms with E-state index >= 15 is 0 Å². The van der Waals surface area contributed by atoms with Crippen LogP contribution in [0.15, 0.2) is 36.7 Å². The summed E-state index contributed by atoms with van der Waals surface area (Å²) in [6.07, 6.45) is 7.46. The van der Waals surface area contributed by atoms with Crippen LogP contribution in [0.3, 0.4) is 0 Å². The summed E-state index contributed by atoms with van der Waals surface area (Å²) in [5.74, 6) is 0.204. The molecule has 1 amide bonds. The van der Waals surface area contributed by atoms with Gasteiger partial charge in [-0.3, -0.25) is 9.78 Å². The minimum absolute atomic E-state index is 0.0747. The van der Waals surface area contributed by atoms with E-state index in [1.165, 1.54) is 6.20 Å². The van der Waals surface area contributed by atoms with Crippen LogP contribution in [0.25, 0.3) is 10.9 Å². The fraction of sp³-hybridized carbons (Fsp3) is 0.333. The predicted octanol–water partition coefficient (Wildman–Crippen LogP) is 2.86. The monoisotopic (exact) mass is 391 g/mol. The first-order valence-corrected chi connectivity index (χ1v) is 9.82. The van der Waals surface area contributed by atoms with E-state index in [0.717, 1.165) is 42.1 Å². The Kier molecular flexibility index (Phi) is 5.26. The fourth-order valence-corrected chi connectivity index (χ4v) is 3.71. The summed E-state index contributed by atoms with van der Waals surface area (Å²) in [5, 5.41) is 7.49. The van der Waals surface area contributed by atoms with E-state index in [-0.39, 0.29) is 17.8 Å². The van der Waals surface area contributed by atoms with Gasteiger partial charge in [0.15, 0.2) is 11.5 Å². The Morgan fingerprint density at radius 3 is 2.76 bits per heavy atom. The first-order chi connectivity index (χ1) is 14.0. The molecule has 0 spiro atoms. The number of benzene rings is 1. The smallest absolute Gasteiger partial charge is 0.271 e. The second-order valence-corrected chi connectivity index (χ2v) is 7.56. The Labute approximate surface area is 169 Å². The van der Waals surface area contributed by atoms with E-state index in [9.17, 15) is 4.79 Å². The third-order valence-electron chi connectivity index (χ3n) is 5.26. The maximum Gasteiger partial charge on any atom is 0.271 e. The average Bonchev–Trinajstić information content (AvgIpc) is 2.69. The minimum atomic E-state index is -0.648. The summed E-state index contributed by atoms with van der Waals surface area (Å²) in [6.45, 7) is 2.03. The lowest BCUT2D eigenvalue weighted by molar-refractivity contribution is 0.0996. The summed E-state index contributed by atoms with van der Waals surface area (Å²) < 4.78 is 0. The third-order valence-corrected chi connectivity index (χ3v) is 5.26. The van der Waals surface area contributed by atoms with Gasteiger partial charge in [-0.1, -0.05) is 24.5 Å². The zero-order valence-corrected chi connectivity index (χ0v) is 16.4. The number of nitrogens with one attached hydrogen (secondary N) is 2. The van der Waals surface area contributed by atoms with Gasteiger partial charge in [0.05, 0.1) is 23.6 Å². The van der Waals surface area contributed by atoms with Crippen molar-refractivity contribution in [1.82, 2.24) is 15.0 Å². The molecule has 1 aliphatic rings. The van der Waals surface area contributed by atoms with Crippen LogP contribution in [0.5, 0.6) is 0 Å². The molecule has 4 rings (SSSR count). The van der Waals surface area contributed by atoms with E-state index < -0.39 is 5.91 Å². The molecule has 3 aromatic rings. The zero-order chi connectivity index (χ0) is 20.4. The van der Waals surface area contributed by atoms with Crippen LogP contribution in [0.2, 0.25) is 0 Å². The Morgan fingerprint density at radius 1 is 1.14 bits per heavy atom. The molecule has 0 radical (unpaired) electrons. The number of aromatic nitrogens is 3. The number of carbonyl (C=O) groups is 1. The Balaban J connectivity index is 1.63. The van der Waals surface area contributed by atoms with E-state index in [2.05, 4.69) is 31.7 Å². The molecule has 0 aliphatic heterocycles. The molecule has 0 bridgehead atoms. The quantitative estimate of drug-likeness (QED) is 0.526. The number of aryl methyl sites for hydroxylation is 1. The number of rotatable bonds is 5. The lowest BCUT2D eigenvalue weighted by Crippen LogP contribution is -2.42. The van der Waals surface area contributed by atoms with Crippen LogP contribution in [-0.2, 0) is 0 Å². The van der Waals surface area contributed by atoms with Crippen molar-refractivity contribution in [2.45, 2.75) is 44.7 Å². The first-order valence-electron chi connectivity index (χ1n) is 9.82. The number of fused-ring (bicyclic) bond motifs is 1. The van der Waals surface area contributed by atoms with Crippen molar-refractivity contribution in [2.24, 2.45) is 11.5 Å². The predicted molar refractivity (Wildman–Crippen MR) is 114 cm³/mol. The van der Waals surface area contributed by atoms with Crippen molar-refractivity contribution < 1.29 is 4.79 Å². The Hall–Kier alpha value is -3.26. The van der Waals surface area contributed by atoms with E-state index in [1.807, 2.05) is 25.1 Å². The van der Waals surface area contributed by atoms with Crippen LogP contribution in [0.4, 0.5) is 17.3 Å². The molecule has 1 aromatic carbocycles. The highest BCUT2D eigenvalue weighted by Gasteiger charge is 2.23. The molecule has 2 atom stereocenters. The topological polar surface area (TPSA) is 132 Å². The SMILES string of the molecule is Cc1ccc2ncc(Nc3nc(NC4CCCCC4N)cnc3C(N)=O)cc2c1. The average molecular weight is 391 g/mol. The van der Waals surface area contributed by atoms with Crippen LogP contribution < -0.4 is 22.1 Å². The second-order valence-electron chi connectivity index (χ2n) is 7.56. The molecule has 1 saturated carbocycles. The van der Waals surface area contributed by atoms with Gasteiger partial charge in [-0.25, -0.2) is 9.97 Å². The van der Waals surface area contributed by atoms with Crippen molar-refractivity contribution in [3.8, 4) is 0 Å². The molecule has 2 heterocycles. The van der Waals surface area contributed by atoms with Crippen molar-refractivity contribution >= 4 is 34.1 Å². The molecule has 8 heteroatoms. The van der Waals surface area contributed by atoms with Gasteiger partial charge in [0.2, 0.25) is 0 Å². The lowest BCUT2D eigenvalue weighted by atomic mass is 9.91. The van der Waals surface area contributed by atoms with Gasteiger partial charge in [0, 0.05) is 17.5 Å². The molecule has 0 saturated heterocycles. The number of amides is 1. The highest BCUT2D eigenvalue weighted by molar-refractivity contribution is 5.96. The molecule has 6 N–H and O–H groups in total. The molecule has 1 aliphatic carbocycles. The number of nitrogens with two attached hydrogens (primary N) is 2. The Bertz CT molecular complexity index is 1050. The lowest BCUT2D eigenvalue weighted by Gasteiger charge is -2.29. The number of carbonyl (C=O) groups excluding carboxylic acids is 1.